The van der Waals surface area contributed by atoms with E-state index in [9.17, 15) is 4.79 Å². The molecule has 0 unspecified atom stereocenters. The molecule has 1 fully saturated rings. The molecule has 0 aromatic heterocycles. The van der Waals surface area contributed by atoms with E-state index in [0.29, 0.717) is 11.8 Å². The van der Waals surface area contributed by atoms with E-state index in [0.717, 1.165) is 10.9 Å². The minimum absolute atomic E-state index is 0.108. The highest BCUT2D eigenvalue weighted by Gasteiger charge is 2.59. The van der Waals surface area contributed by atoms with E-state index in [1.54, 1.807) is 0 Å². The van der Waals surface area contributed by atoms with Crippen LogP contribution in [0.15, 0.2) is 22.7 Å². The average molecular weight is 253 g/mol. The maximum atomic E-state index is 10.8. The average Bonchev–Trinajstić information content (AvgIpc) is 2.70. The largest absolute Gasteiger partial charge is 0.481 e. The molecule has 0 aliphatic heterocycles. The van der Waals surface area contributed by atoms with Crippen LogP contribution in [0.3, 0.4) is 0 Å². The fourth-order valence-corrected chi connectivity index (χ4v) is 3.13. The summed E-state index contributed by atoms with van der Waals surface area (Å²) in [5, 5.41) is 8.93. The standard InChI is InChI=1S/C11H9BrO2/c12-6-1-2-7-5(3-6)4-8-9(7)10(8)11(13)14/h1-3,8-10H,4H2,(H,13,14)/t8-,9+,10+/m0/s1. The van der Waals surface area contributed by atoms with Crippen LogP contribution in [0.5, 0.6) is 0 Å². The Kier molecular flexibility index (Phi) is 1.57. The summed E-state index contributed by atoms with van der Waals surface area (Å²) in [6.07, 6.45) is 0.941. The van der Waals surface area contributed by atoms with Crippen molar-refractivity contribution < 1.29 is 9.90 Å². The summed E-state index contributed by atoms with van der Waals surface area (Å²) in [6, 6.07) is 6.17. The Morgan fingerprint density at radius 3 is 3.00 bits per heavy atom. The Bertz CT molecular complexity index is 427. The predicted octanol–water partition coefficient (Wildman–Crippen LogP) is 2.42. The van der Waals surface area contributed by atoms with Gasteiger partial charge in [0.15, 0.2) is 0 Å². The van der Waals surface area contributed by atoms with Gasteiger partial charge in [-0.1, -0.05) is 22.0 Å². The molecule has 0 saturated heterocycles. The second kappa shape index (κ2) is 2.60. The van der Waals surface area contributed by atoms with Crippen molar-refractivity contribution in [2.75, 3.05) is 0 Å². The van der Waals surface area contributed by atoms with E-state index in [4.69, 9.17) is 5.11 Å². The molecule has 3 heteroatoms. The van der Waals surface area contributed by atoms with E-state index in [1.165, 1.54) is 11.1 Å². The molecule has 0 radical (unpaired) electrons. The van der Waals surface area contributed by atoms with Crippen molar-refractivity contribution in [1.29, 1.82) is 0 Å². The van der Waals surface area contributed by atoms with Gasteiger partial charge in [-0.05, 0) is 35.6 Å². The highest BCUT2D eigenvalue weighted by atomic mass is 79.9. The predicted molar refractivity (Wildman–Crippen MR) is 55.2 cm³/mol. The summed E-state index contributed by atoms with van der Waals surface area (Å²) < 4.78 is 1.09. The van der Waals surface area contributed by atoms with Crippen LogP contribution in [0.2, 0.25) is 0 Å². The number of benzene rings is 1. The summed E-state index contributed by atoms with van der Waals surface area (Å²) in [6.45, 7) is 0. The molecular weight excluding hydrogens is 244 g/mol. The van der Waals surface area contributed by atoms with E-state index < -0.39 is 5.97 Å². The number of fused-ring (bicyclic) bond motifs is 3. The van der Waals surface area contributed by atoms with Crippen molar-refractivity contribution >= 4 is 21.9 Å². The highest BCUT2D eigenvalue weighted by Crippen LogP contribution is 2.61. The first-order valence-corrected chi connectivity index (χ1v) is 5.49. The number of carboxylic acid groups (broad SMARTS) is 1. The molecule has 2 nitrogen and oxygen atoms in total. The molecule has 1 saturated carbocycles. The van der Waals surface area contributed by atoms with Crippen molar-refractivity contribution in [2.45, 2.75) is 12.3 Å². The van der Waals surface area contributed by atoms with Crippen LogP contribution in [0.25, 0.3) is 0 Å². The van der Waals surface area contributed by atoms with Gasteiger partial charge in [-0.25, -0.2) is 0 Å². The Hall–Kier alpha value is -0.830. The zero-order valence-electron chi connectivity index (χ0n) is 7.40. The fraction of sp³-hybridized carbons (Fsp3) is 0.364. The maximum Gasteiger partial charge on any atom is 0.307 e. The summed E-state index contributed by atoms with van der Waals surface area (Å²) in [5.74, 6) is -0.0651. The van der Waals surface area contributed by atoms with Gasteiger partial charge in [0, 0.05) is 10.4 Å². The molecule has 0 amide bonds. The number of halogens is 1. The Balaban J connectivity index is 1.99. The molecule has 1 aromatic carbocycles. The van der Waals surface area contributed by atoms with Crippen LogP contribution >= 0.6 is 15.9 Å². The SMILES string of the molecule is O=C(O)[C@@H]1[C@H]2Cc3cc(Br)ccc3[C@H]21. The molecule has 0 spiro atoms. The molecule has 0 bridgehead atoms. The second-order valence-corrected chi connectivity index (χ2v) is 5.02. The van der Waals surface area contributed by atoms with Crippen LogP contribution in [-0.2, 0) is 11.2 Å². The number of carboxylic acids is 1. The molecule has 3 rings (SSSR count). The van der Waals surface area contributed by atoms with Crippen LogP contribution in [0.4, 0.5) is 0 Å². The lowest BCUT2D eigenvalue weighted by Crippen LogP contribution is -2.04. The van der Waals surface area contributed by atoms with Gasteiger partial charge >= 0.3 is 5.97 Å². The molecule has 14 heavy (non-hydrogen) atoms. The van der Waals surface area contributed by atoms with Crippen molar-refractivity contribution in [3.63, 3.8) is 0 Å². The molecule has 2 aliphatic rings. The van der Waals surface area contributed by atoms with Crippen molar-refractivity contribution in [3.05, 3.63) is 33.8 Å². The first kappa shape index (κ1) is 8.48. The van der Waals surface area contributed by atoms with Crippen LogP contribution in [-0.4, -0.2) is 11.1 Å². The van der Waals surface area contributed by atoms with Gasteiger partial charge in [-0.2, -0.15) is 0 Å². The van der Waals surface area contributed by atoms with E-state index in [-0.39, 0.29) is 5.92 Å². The Labute approximate surface area is 90.1 Å². The molecule has 72 valence electrons. The van der Waals surface area contributed by atoms with Crippen molar-refractivity contribution in [2.24, 2.45) is 11.8 Å². The topological polar surface area (TPSA) is 37.3 Å². The van der Waals surface area contributed by atoms with Gasteiger partial charge in [0.2, 0.25) is 0 Å². The zero-order chi connectivity index (χ0) is 9.87. The molecule has 2 aliphatic carbocycles. The van der Waals surface area contributed by atoms with Gasteiger partial charge in [0.1, 0.15) is 0 Å². The smallest absolute Gasteiger partial charge is 0.307 e. The summed E-state index contributed by atoms with van der Waals surface area (Å²) in [7, 11) is 0. The molecule has 3 atom stereocenters. The minimum Gasteiger partial charge on any atom is -0.481 e. The second-order valence-electron chi connectivity index (χ2n) is 4.10. The van der Waals surface area contributed by atoms with Crippen LogP contribution in [0, 0.1) is 11.8 Å². The summed E-state index contributed by atoms with van der Waals surface area (Å²) in [4.78, 5) is 10.8. The number of aliphatic carboxylic acids is 1. The maximum absolute atomic E-state index is 10.8. The van der Waals surface area contributed by atoms with E-state index in [2.05, 4.69) is 28.1 Å². The number of rotatable bonds is 1. The molecular formula is C11H9BrO2. The lowest BCUT2D eigenvalue weighted by Gasteiger charge is -2.04. The molecule has 1 N–H and O–H groups in total. The summed E-state index contributed by atoms with van der Waals surface area (Å²) in [5.41, 5.74) is 2.58. The van der Waals surface area contributed by atoms with E-state index in [1.807, 2.05) is 6.07 Å². The number of hydrogen-bond donors (Lipinski definition) is 1. The van der Waals surface area contributed by atoms with Gasteiger partial charge < -0.3 is 5.11 Å². The first-order valence-electron chi connectivity index (χ1n) is 4.69. The zero-order valence-corrected chi connectivity index (χ0v) is 8.99. The Morgan fingerprint density at radius 1 is 1.50 bits per heavy atom. The minimum atomic E-state index is -0.631. The van der Waals surface area contributed by atoms with Gasteiger partial charge in [0.25, 0.3) is 0 Å². The van der Waals surface area contributed by atoms with Gasteiger partial charge in [-0.15, -0.1) is 0 Å². The number of hydrogen-bond acceptors (Lipinski definition) is 1. The third-order valence-corrected chi connectivity index (χ3v) is 3.87. The molecule has 0 heterocycles. The van der Waals surface area contributed by atoms with Crippen molar-refractivity contribution in [1.82, 2.24) is 0 Å². The van der Waals surface area contributed by atoms with E-state index >= 15 is 0 Å². The lowest BCUT2D eigenvalue weighted by atomic mass is 10.0. The van der Waals surface area contributed by atoms with Gasteiger partial charge in [0.05, 0.1) is 5.92 Å². The van der Waals surface area contributed by atoms with Gasteiger partial charge in [-0.3, -0.25) is 4.79 Å². The normalized spacial score (nSPS) is 32.2. The fourth-order valence-electron chi connectivity index (χ4n) is 2.72. The van der Waals surface area contributed by atoms with Crippen molar-refractivity contribution in [3.8, 4) is 0 Å². The quantitative estimate of drug-likeness (QED) is 0.834. The summed E-state index contributed by atoms with van der Waals surface area (Å²) >= 11 is 3.43. The van der Waals surface area contributed by atoms with Crippen LogP contribution < -0.4 is 0 Å². The third-order valence-electron chi connectivity index (χ3n) is 3.37. The lowest BCUT2D eigenvalue weighted by molar-refractivity contribution is -0.139. The Morgan fingerprint density at radius 2 is 2.29 bits per heavy atom. The third kappa shape index (κ3) is 0.989. The highest BCUT2D eigenvalue weighted by molar-refractivity contribution is 9.10. The monoisotopic (exact) mass is 252 g/mol. The molecule has 1 aromatic rings. The van der Waals surface area contributed by atoms with Crippen LogP contribution in [0.1, 0.15) is 17.0 Å². The first-order chi connectivity index (χ1) is 6.68. The number of carbonyl (C=O) groups is 1.